The number of fused-ring (bicyclic) bond motifs is 1. The van der Waals surface area contributed by atoms with Crippen LogP contribution in [-0.4, -0.2) is 20.8 Å². The Labute approximate surface area is 190 Å². The Balaban J connectivity index is 1.60. The molecule has 3 aromatic rings. The first kappa shape index (κ1) is 22.8. The zero-order valence-corrected chi connectivity index (χ0v) is 19.7. The van der Waals surface area contributed by atoms with Gasteiger partial charge >= 0.3 is 0 Å². The topological polar surface area (TPSA) is 62.8 Å². The first-order chi connectivity index (χ1) is 14.6. The van der Waals surface area contributed by atoms with E-state index in [9.17, 15) is 9.59 Å². The minimum Gasteiger partial charge on any atom is -0.306 e. The average molecular weight is 487 g/mol. The van der Waals surface area contributed by atoms with Crippen molar-refractivity contribution in [1.82, 2.24) is 9.97 Å². The number of para-hydroxylation sites is 1. The molecule has 2 aromatic carbocycles. The molecule has 0 bridgehead atoms. The van der Waals surface area contributed by atoms with Gasteiger partial charge in [0.1, 0.15) is 5.82 Å². The number of hydrogen-bond acceptors (Lipinski definition) is 4. The molecule has 0 saturated heterocycles. The van der Waals surface area contributed by atoms with Crippen molar-refractivity contribution in [2.75, 3.05) is 5.75 Å². The van der Waals surface area contributed by atoms with Crippen LogP contribution in [-0.2, 0) is 0 Å². The molecule has 0 atom stereocenters. The van der Waals surface area contributed by atoms with E-state index < -0.39 is 0 Å². The van der Waals surface area contributed by atoms with Crippen molar-refractivity contribution in [3.63, 3.8) is 0 Å². The molecule has 0 unspecified atom stereocenters. The summed E-state index contributed by atoms with van der Waals surface area (Å²) < 4.78 is 0.739. The van der Waals surface area contributed by atoms with Crippen LogP contribution >= 0.6 is 27.7 Å². The maximum atomic E-state index is 12.5. The van der Waals surface area contributed by atoms with Crippen molar-refractivity contribution in [3.05, 3.63) is 62.9 Å². The third kappa shape index (κ3) is 6.05. The van der Waals surface area contributed by atoms with E-state index in [2.05, 4.69) is 32.8 Å². The normalized spacial score (nSPS) is 11.1. The lowest BCUT2D eigenvalue weighted by atomic mass is 10.1. The highest BCUT2D eigenvalue weighted by Crippen LogP contribution is 2.28. The lowest BCUT2D eigenvalue weighted by Gasteiger charge is -2.08. The van der Waals surface area contributed by atoms with Crippen molar-refractivity contribution in [1.29, 1.82) is 0 Å². The second-order valence-electron chi connectivity index (χ2n) is 7.38. The molecule has 6 heteroatoms. The average Bonchev–Trinajstić information content (AvgIpc) is 2.75. The molecule has 0 fully saturated rings. The highest BCUT2D eigenvalue weighted by atomic mass is 79.9. The number of nitrogens with zero attached hydrogens (tertiary/aromatic N) is 1. The lowest BCUT2D eigenvalue weighted by molar-refractivity contribution is 0.108. The van der Waals surface area contributed by atoms with Crippen LogP contribution in [0.25, 0.3) is 22.3 Å². The number of aromatic amines is 1. The molecule has 0 radical (unpaired) electrons. The van der Waals surface area contributed by atoms with E-state index in [0.29, 0.717) is 22.3 Å². The van der Waals surface area contributed by atoms with Gasteiger partial charge in [0.2, 0.25) is 5.12 Å². The molecule has 158 valence electrons. The Morgan fingerprint density at radius 2 is 1.77 bits per heavy atom. The Bertz CT molecular complexity index is 1060. The van der Waals surface area contributed by atoms with Crippen molar-refractivity contribution in [2.45, 2.75) is 51.9 Å². The number of carbonyl (C=O) groups excluding carboxylic acids is 1. The zero-order chi connectivity index (χ0) is 21.3. The van der Waals surface area contributed by atoms with E-state index in [1.165, 1.54) is 50.3 Å². The van der Waals surface area contributed by atoms with Gasteiger partial charge in [0.15, 0.2) is 0 Å². The fourth-order valence-corrected chi connectivity index (χ4v) is 4.75. The van der Waals surface area contributed by atoms with E-state index in [1.807, 2.05) is 30.3 Å². The molecular weight excluding hydrogens is 460 g/mol. The maximum absolute atomic E-state index is 12.5. The van der Waals surface area contributed by atoms with Gasteiger partial charge in [-0.3, -0.25) is 9.59 Å². The summed E-state index contributed by atoms with van der Waals surface area (Å²) in [5.74, 6) is 1.34. The number of benzene rings is 2. The number of thioether (sulfide) groups is 1. The van der Waals surface area contributed by atoms with E-state index >= 15 is 0 Å². The van der Waals surface area contributed by atoms with E-state index in [-0.39, 0.29) is 10.7 Å². The van der Waals surface area contributed by atoms with Gasteiger partial charge in [-0.1, -0.05) is 85.3 Å². The number of hydrogen-bond donors (Lipinski definition) is 1. The van der Waals surface area contributed by atoms with Gasteiger partial charge in [-0.05, 0) is 36.8 Å². The Morgan fingerprint density at radius 3 is 2.53 bits per heavy atom. The minimum absolute atomic E-state index is 0.0770. The zero-order valence-electron chi connectivity index (χ0n) is 17.2. The lowest BCUT2D eigenvalue weighted by Crippen LogP contribution is -2.09. The summed E-state index contributed by atoms with van der Waals surface area (Å²) in [5, 5.41) is 0.638. The van der Waals surface area contributed by atoms with Gasteiger partial charge in [-0.15, -0.1) is 0 Å². The number of rotatable bonds is 10. The highest BCUT2D eigenvalue weighted by Gasteiger charge is 2.13. The van der Waals surface area contributed by atoms with Crippen LogP contribution in [0, 0.1) is 0 Å². The van der Waals surface area contributed by atoms with Crippen molar-refractivity contribution < 1.29 is 4.79 Å². The molecule has 0 spiro atoms. The van der Waals surface area contributed by atoms with Crippen LogP contribution < -0.4 is 5.56 Å². The van der Waals surface area contributed by atoms with Crippen LogP contribution in [0.1, 0.15) is 62.2 Å². The standard InChI is InChI=1S/C24H27BrN2O2S/c1-2-3-4-5-6-7-10-15-30-24(29)17-13-14-18(20(25)16-17)22-26-21-12-9-8-11-19(21)23(28)27-22/h8-9,11-14,16H,2-7,10,15H2,1H3,(H,26,27,28). The quantitative estimate of drug-likeness (QED) is 0.314. The number of H-pyrrole nitrogens is 1. The van der Waals surface area contributed by atoms with Crippen LogP contribution in [0.3, 0.4) is 0 Å². The molecule has 0 aliphatic rings. The molecule has 4 nitrogen and oxygen atoms in total. The fraction of sp³-hybridized carbons (Fsp3) is 0.375. The van der Waals surface area contributed by atoms with Gasteiger partial charge in [0.05, 0.1) is 10.9 Å². The fourth-order valence-electron chi connectivity index (χ4n) is 3.36. The highest BCUT2D eigenvalue weighted by molar-refractivity contribution is 9.10. The van der Waals surface area contributed by atoms with Crippen molar-refractivity contribution in [2.24, 2.45) is 0 Å². The summed E-state index contributed by atoms with van der Waals surface area (Å²) in [6.07, 6.45) is 8.72. The molecule has 1 heterocycles. The molecule has 1 aromatic heterocycles. The largest absolute Gasteiger partial charge is 0.306 e. The van der Waals surface area contributed by atoms with Gasteiger partial charge in [-0.25, -0.2) is 4.98 Å². The maximum Gasteiger partial charge on any atom is 0.259 e. The smallest absolute Gasteiger partial charge is 0.259 e. The Hall–Kier alpha value is -1.92. The summed E-state index contributed by atoms with van der Waals surface area (Å²) in [4.78, 5) is 32.3. The Morgan fingerprint density at radius 1 is 1.03 bits per heavy atom. The number of unbranched alkanes of at least 4 members (excludes halogenated alkanes) is 6. The first-order valence-corrected chi connectivity index (χ1v) is 12.3. The van der Waals surface area contributed by atoms with Crippen LogP contribution in [0.2, 0.25) is 0 Å². The minimum atomic E-state index is -0.173. The van der Waals surface area contributed by atoms with Crippen LogP contribution in [0.15, 0.2) is 51.7 Å². The van der Waals surface area contributed by atoms with Gasteiger partial charge in [0.25, 0.3) is 5.56 Å². The second-order valence-corrected chi connectivity index (χ2v) is 9.31. The molecule has 3 rings (SSSR count). The summed E-state index contributed by atoms with van der Waals surface area (Å²) in [5.41, 5.74) is 1.88. The summed E-state index contributed by atoms with van der Waals surface area (Å²) >= 11 is 4.92. The first-order valence-electron chi connectivity index (χ1n) is 10.6. The molecule has 0 aliphatic heterocycles. The van der Waals surface area contributed by atoms with E-state index in [1.54, 1.807) is 12.1 Å². The third-order valence-corrected chi connectivity index (χ3v) is 6.70. The monoisotopic (exact) mass is 486 g/mol. The molecule has 1 N–H and O–H groups in total. The van der Waals surface area contributed by atoms with Gasteiger partial charge in [-0.2, -0.15) is 0 Å². The predicted octanol–water partition coefficient (Wildman–Crippen LogP) is 6.98. The number of halogens is 1. The van der Waals surface area contributed by atoms with Crippen molar-refractivity contribution in [3.8, 4) is 11.4 Å². The molecule has 0 amide bonds. The van der Waals surface area contributed by atoms with Gasteiger partial charge < -0.3 is 4.98 Å². The summed E-state index contributed by atoms with van der Waals surface area (Å²) in [6.45, 7) is 2.23. The SMILES string of the molecule is CCCCCCCCCSC(=O)c1ccc(-c2nc3ccccc3c(=O)[nH]2)c(Br)c1. The van der Waals surface area contributed by atoms with Crippen LogP contribution in [0.4, 0.5) is 0 Å². The number of nitrogens with one attached hydrogen (secondary N) is 1. The molecule has 0 saturated carbocycles. The van der Waals surface area contributed by atoms with Crippen LogP contribution in [0.5, 0.6) is 0 Å². The predicted molar refractivity (Wildman–Crippen MR) is 130 cm³/mol. The van der Waals surface area contributed by atoms with E-state index in [0.717, 1.165) is 22.2 Å². The Kier molecular flexibility index (Phi) is 8.70. The molecule has 30 heavy (non-hydrogen) atoms. The number of carbonyl (C=O) groups is 1. The van der Waals surface area contributed by atoms with E-state index in [4.69, 9.17) is 0 Å². The number of aromatic nitrogens is 2. The summed E-state index contributed by atoms with van der Waals surface area (Å²) in [7, 11) is 0. The third-order valence-electron chi connectivity index (χ3n) is 5.05. The molecule has 0 aliphatic carbocycles. The van der Waals surface area contributed by atoms with Crippen molar-refractivity contribution >= 4 is 43.7 Å². The second kappa shape index (κ2) is 11.5. The summed E-state index contributed by atoms with van der Waals surface area (Å²) in [6, 6.07) is 12.7. The molecular formula is C24H27BrN2O2S. The van der Waals surface area contributed by atoms with Gasteiger partial charge in [0, 0.05) is 21.4 Å².